The van der Waals surface area contributed by atoms with Crippen molar-refractivity contribution in [3.8, 4) is 0 Å². The van der Waals surface area contributed by atoms with Crippen LogP contribution in [0.2, 0.25) is 5.02 Å². The fraction of sp³-hybridized carbons (Fsp3) is 0.464. The number of hydrogen-bond acceptors (Lipinski definition) is 6. The first-order valence-corrected chi connectivity index (χ1v) is 13.1. The molecule has 0 aromatic heterocycles. The monoisotopic (exact) mass is 510 g/mol. The molecule has 0 spiro atoms. The van der Waals surface area contributed by atoms with E-state index < -0.39 is 0 Å². The second kappa shape index (κ2) is 12.5. The third kappa shape index (κ3) is 6.72. The van der Waals surface area contributed by atoms with Crippen LogP contribution in [-0.2, 0) is 22.6 Å². The van der Waals surface area contributed by atoms with Gasteiger partial charge in [0.05, 0.1) is 6.04 Å². The maximum absolute atomic E-state index is 12.3. The van der Waals surface area contributed by atoms with Crippen LogP contribution >= 0.6 is 11.6 Å². The van der Waals surface area contributed by atoms with Gasteiger partial charge in [0, 0.05) is 55.4 Å². The van der Waals surface area contributed by atoms with Crippen molar-refractivity contribution in [2.75, 3.05) is 44.7 Å². The normalized spacial score (nSPS) is 19.0. The van der Waals surface area contributed by atoms with Crippen molar-refractivity contribution in [2.24, 2.45) is 0 Å². The number of aryl methyl sites for hydroxylation is 1. The first-order chi connectivity index (χ1) is 17.4. The number of carbonyl (C=O) groups excluding carboxylic acids is 3. The maximum atomic E-state index is 12.3. The highest BCUT2D eigenvalue weighted by Gasteiger charge is 2.30. The van der Waals surface area contributed by atoms with Crippen LogP contribution in [0.5, 0.6) is 0 Å². The zero-order valence-electron chi connectivity index (χ0n) is 20.9. The molecule has 2 amide bonds. The number of imide groups is 1. The predicted octanol–water partition coefficient (Wildman–Crippen LogP) is 3.53. The molecule has 2 aromatic rings. The Morgan fingerprint density at radius 1 is 1.08 bits per heavy atom. The number of unbranched alkanes of at least 4 members (excludes halogenated alkanes) is 1. The standard InChI is InChI=1S/C28H35ClN4O3/c1-31(26-11-12-27(35)30-28(26)36)19-25-21(7-4-8-22(25)20-34)6-2-3-13-32-14-16-33(17-15-32)24-10-5-9-23(29)18-24/h4-5,7-10,18,20,26H,2-3,6,11-17,19H2,1H3,(H,30,35,36). The first kappa shape index (κ1) is 26.3. The predicted molar refractivity (Wildman–Crippen MR) is 143 cm³/mol. The van der Waals surface area contributed by atoms with Gasteiger partial charge >= 0.3 is 0 Å². The molecule has 8 heteroatoms. The molecule has 2 heterocycles. The fourth-order valence-corrected chi connectivity index (χ4v) is 5.39. The van der Waals surface area contributed by atoms with Crippen LogP contribution in [0.1, 0.15) is 47.2 Å². The molecule has 0 radical (unpaired) electrons. The van der Waals surface area contributed by atoms with Crippen molar-refractivity contribution in [1.82, 2.24) is 15.1 Å². The lowest BCUT2D eigenvalue weighted by atomic mass is 9.96. The molecule has 2 aromatic carbocycles. The van der Waals surface area contributed by atoms with Crippen LogP contribution in [0.15, 0.2) is 42.5 Å². The lowest BCUT2D eigenvalue weighted by molar-refractivity contribution is -0.137. The maximum Gasteiger partial charge on any atom is 0.243 e. The van der Waals surface area contributed by atoms with Crippen molar-refractivity contribution in [2.45, 2.75) is 44.7 Å². The van der Waals surface area contributed by atoms with E-state index in [0.717, 1.165) is 74.4 Å². The smallest absolute Gasteiger partial charge is 0.243 e. The molecular formula is C28H35ClN4O3. The quantitative estimate of drug-likeness (QED) is 0.299. The van der Waals surface area contributed by atoms with Gasteiger partial charge in [0.2, 0.25) is 11.8 Å². The lowest BCUT2D eigenvalue weighted by Gasteiger charge is -2.36. The summed E-state index contributed by atoms with van der Waals surface area (Å²) in [6, 6.07) is 13.5. The van der Waals surface area contributed by atoms with Gasteiger partial charge in [0.15, 0.2) is 0 Å². The van der Waals surface area contributed by atoms with Gasteiger partial charge in [-0.25, -0.2) is 0 Å². The summed E-state index contributed by atoms with van der Waals surface area (Å²) < 4.78 is 0. The minimum Gasteiger partial charge on any atom is -0.369 e. The summed E-state index contributed by atoms with van der Waals surface area (Å²) in [5.41, 5.74) is 4.00. The molecule has 0 bridgehead atoms. The molecule has 7 nitrogen and oxygen atoms in total. The zero-order valence-corrected chi connectivity index (χ0v) is 21.7. The number of amides is 2. The van der Waals surface area contributed by atoms with E-state index in [9.17, 15) is 14.4 Å². The highest BCUT2D eigenvalue weighted by Crippen LogP contribution is 2.23. The highest BCUT2D eigenvalue weighted by atomic mass is 35.5. The van der Waals surface area contributed by atoms with Crippen LogP contribution in [0.3, 0.4) is 0 Å². The number of nitrogens with one attached hydrogen (secondary N) is 1. The topological polar surface area (TPSA) is 73.0 Å². The number of benzene rings is 2. The molecule has 1 atom stereocenters. The van der Waals surface area contributed by atoms with Crippen LogP contribution in [0.4, 0.5) is 5.69 Å². The Bertz CT molecular complexity index is 1080. The Morgan fingerprint density at radius 3 is 2.58 bits per heavy atom. The van der Waals surface area contributed by atoms with Gasteiger partial charge in [-0.05, 0) is 68.6 Å². The molecule has 4 rings (SSSR count). The van der Waals surface area contributed by atoms with Crippen molar-refractivity contribution in [1.29, 1.82) is 0 Å². The SMILES string of the molecule is CN(Cc1c(C=O)cccc1CCCCN1CCN(c2cccc(Cl)c2)CC1)C1CCC(=O)NC1=O. The average molecular weight is 511 g/mol. The Hall–Kier alpha value is -2.74. The zero-order chi connectivity index (χ0) is 25.5. The van der Waals surface area contributed by atoms with Crippen LogP contribution < -0.4 is 10.2 Å². The Balaban J connectivity index is 1.27. The molecule has 192 valence electrons. The molecule has 1 N–H and O–H groups in total. The first-order valence-electron chi connectivity index (χ1n) is 12.8. The Kier molecular flexibility index (Phi) is 9.13. The number of anilines is 1. The van der Waals surface area contributed by atoms with E-state index in [1.54, 1.807) is 0 Å². The van der Waals surface area contributed by atoms with E-state index in [1.807, 2.05) is 42.3 Å². The number of carbonyl (C=O) groups is 3. The molecule has 0 saturated carbocycles. The van der Waals surface area contributed by atoms with Crippen molar-refractivity contribution >= 4 is 35.4 Å². The van der Waals surface area contributed by atoms with Crippen molar-refractivity contribution in [3.63, 3.8) is 0 Å². The third-order valence-corrected chi connectivity index (χ3v) is 7.54. The van der Waals surface area contributed by atoms with Gasteiger partial charge in [0.1, 0.15) is 6.29 Å². The number of halogens is 1. The van der Waals surface area contributed by atoms with Gasteiger partial charge in [-0.3, -0.25) is 29.5 Å². The molecule has 2 aliphatic rings. The Labute approximate surface area is 218 Å². The summed E-state index contributed by atoms with van der Waals surface area (Å²) in [5.74, 6) is -0.473. The van der Waals surface area contributed by atoms with Crippen LogP contribution in [-0.4, -0.2) is 73.7 Å². The number of hydrogen-bond donors (Lipinski definition) is 1. The van der Waals surface area contributed by atoms with Gasteiger partial charge in [-0.15, -0.1) is 0 Å². The van der Waals surface area contributed by atoms with E-state index in [-0.39, 0.29) is 17.9 Å². The third-order valence-electron chi connectivity index (χ3n) is 7.30. The highest BCUT2D eigenvalue weighted by molar-refractivity contribution is 6.30. The van der Waals surface area contributed by atoms with Crippen molar-refractivity contribution < 1.29 is 14.4 Å². The molecule has 0 aliphatic carbocycles. The summed E-state index contributed by atoms with van der Waals surface area (Å²) in [5, 5.41) is 3.20. The van der Waals surface area contributed by atoms with E-state index >= 15 is 0 Å². The molecule has 36 heavy (non-hydrogen) atoms. The summed E-state index contributed by atoms with van der Waals surface area (Å²) in [6.45, 7) is 5.63. The number of piperidine rings is 1. The van der Waals surface area contributed by atoms with E-state index in [2.05, 4.69) is 27.2 Å². The summed E-state index contributed by atoms with van der Waals surface area (Å²) in [6.07, 6.45) is 4.76. The second-order valence-corrected chi connectivity index (χ2v) is 10.2. The minimum atomic E-state index is -0.360. The van der Waals surface area contributed by atoms with E-state index in [4.69, 9.17) is 11.6 Å². The number of piperazine rings is 1. The van der Waals surface area contributed by atoms with Crippen molar-refractivity contribution in [3.05, 3.63) is 64.2 Å². The summed E-state index contributed by atoms with van der Waals surface area (Å²) in [4.78, 5) is 42.4. The number of likely N-dealkylation sites (N-methyl/N-ethyl adjacent to an activating group) is 1. The van der Waals surface area contributed by atoms with Crippen LogP contribution in [0.25, 0.3) is 0 Å². The fourth-order valence-electron chi connectivity index (χ4n) is 5.21. The Morgan fingerprint density at radius 2 is 1.86 bits per heavy atom. The van der Waals surface area contributed by atoms with E-state index in [0.29, 0.717) is 24.9 Å². The van der Waals surface area contributed by atoms with Gasteiger partial charge in [0.25, 0.3) is 0 Å². The average Bonchev–Trinajstić information content (AvgIpc) is 2.87. The van der Waals surface area contributed by atoms with E-state index in [1.165, 1.54) is 5.69 Å². The molecular weight excluding hydrogens is 476 g/mol. The van der Waals surface area contributed by atoms with Gasteiger partial charge in [-0.1, -0.05) is 35.9 Å². The summed E-state index contributed by atoms with van der Waals surface area (Å²) >= 11 is 6.15. The molecule has 1 unspecified atom stereocenters. The molecule has 2 fully saturated rings. The number of rotatable bonds is 10. The number of nitrogens with zero attached hydrogens (tertiary/aromatic N) is 3. The summed E-state index contributed by atoms with van der Waals surface area (Å²) in [7, 11) is 1.88. The lowest BCUT2D eigenvalue weighted by Crippen LogP contribution is -2.51. The molecule has 2 saturated heterocycles. The minimum absolute atomic E-state index is 0.218. The molecule has 2 aliphatic heterocycles. The largest absolute Gasteiger partial charge is 0.369 e. The number of aldehydes is 1. The second-order valence-electron chi connectivity index (χ2n) is 9.75. The van der Waals surface area contributed by atoms with Gasteiger partial charge < -0.3 is 4.90 Å². The van der Waals surface area contributed by atoms with Gasteiger partial charge in [-0.2, -0.15) is 0 Å². The van der Waals surface area contributed by atoms with Crippen LogP contribution in [0, 0.1) is 0 Å².